The van der Waals surface area contributed by atoms with Gasteiger partial charge in [0.2, 0.25) is 0 Å². The Labute approximate surface area is 116 Å². The van der Waals surface area contributed by atoms with Gasteiger partial charge < -0.3 is 0 Å². The van der Waals surface area contributed by atoms with E-state index in [0.717, 1.165) is 12.1 Å². The van der Waals surface area contributed by atoms with Crippen molar-refractivity contribution in [2.75, 3.05) is 13.1 Å². The standard InChI is InChI=1S/C17H25NO/c1-2-16-11-7-4-8-12-18(16)14-17(19)13-15-9-5-3-6-10-15/h3,5-6,9-10,16H,2,4,7-8,11-14H2,1H3. The molecule has 1 aliphatic rings. The normalized spacial score (nSPS) is 21.0. The molecule has 1 aromatic rings. The van der Waals surface area contributed by atoms with Crippen LogP contribution >= 0.6 is 0 Å². The summed E-state index contributed by atoms with van der Waals surface area (Å²) in [5.74, 6) is 0.353. The second-order valence-electron chi connectivity index (χ2n) is 5.58. The first-order valence-electron chi connectivity index (χ1n) is 7.59. The van der Waals surface area contributed by atoms with Crippen molar-refractivity contribution in [3.05, 3.63) is 35.9 Å². The molecule has 0 amide bonds. The molecule has 1 aromatic carbocycles. The molecule has 1 unspecified atom stereocenters. The highest BCUT2D eigenvalue weighted by molar-refractivity contribution is 5.82. The summed E-state index contributed by atoms with van der Waals surface area (Å²) >= 11 is 0. The van der Waals surface area contributed by atoms with Crippen molar-refractivity contribution in [1.82, 2.24) is 4.90 Å². The van der Waals surface area contributed by atoms with Gasteiger partial charge in [0.05, 0.1) is 6.54 Å². The molecular weight excluding hydrogens is 234 g/mol. The maximum atomic E-state index is 12.2. The SMILES string of the molecule is CCC1CCCCCN1CC(=O)Cc1ccccc1. The third kappa shape index (κ3) is 4.46. The van der Waals surface area contributed by atoms with Crippen molar-refractivity contribution >= 4 is 5.78 Å². The van der Waals surface area contributed by atoms with Gasteiger partial charge in [-0.25, -0.2) is 0 Å². The quantitative estimate of drug-likeness (QED) is 0.807. The van der Waals surface area contributed by atoms with E-state index >= 15 is 0 Å². The fraction of sp³-hybridized carbons (Fsp3) is 0.588. The van der Waals surface area contributed by atoms with Crippen molar-refractivity contribution in [2.45, 2.75) is 51.5 Å². The summed E-state index contributed by atoms with van der Waals surface area (Å²) in [6, 6.07) is 10.7. The number of Topliss-reactive ketones (excluding diaryl/α,β-unsaturated/α-hetero) is 1. The Morgan fingerprint density at radius 3 is 2.74 bits per heavy atom. The van der Waals surface area contributed by atoms with Crippen LogP contribution in [0.1, 0.15) is 44.6 Å². The van der Waals surface area contributed by atoms with E-state index in [1.165, 1.54) is 32.1 Å². The fourth-order valence-corrected chi connectivity index (χ4v) is 3.01. The minimum absolute atomic E-state index is 0.353. The molecule has 19 heavy (non-hydrogen) atoms. The van der Waals surface area contributed by atoms with Crippen LogP contribution in [0.15, 0.2) is 30.3 Å². The van der Waals surface area contributed by atoms with Crippen LogP contribution in [0.5, 0.6) is 0 Å². The lowest BCUT2D eigenvalue weighted by atomic mass is 10.1. The Bertz CT molecular complexity index is 388. The minimum Gasteiger partial charge on any atom is -0.298 e. The number of ketones is 1. The van der Waals surface area contributed by atoms with Gasteiger partial charge in [-0.05, 0) is 31.4 Å². The predicted molar refractivity (Wildman–Crippen MR) is 79.3 cm³/mol. The molecule has 1 fully saturated rings. The molecule has 0 aliphatic carbocycles. The van der Waals surface area contributed by atoms with E-state index < -0.39 is 0 Å². The van der Waals surface area contributed by atoms with Crippen LogP contribution in [0, 0.1) is 0 Å². The molecule has 1 atom stereocenters. The van der Waals surface area contributed by atoms with Gasteiger partial charge in [-0.3, -0.25) is 9.69 Å². The van der Waals surface area contributed by atoms with Gasteiger partial charge >= 0.3 is 0 Å². The number of benzene rings is 1. The summed E-state index contributed by atoms with van der Waals surface area (Å²) in [5.41, 5.74) is 1.13. The van der Waals surface area contributed by atoms with Crippen LogP contribution in [0.25, 0.3) is 0 Å². The van der Waals surface area contributed by atoms with E-state index in [4.69, 9.17) is 0 Å². The lowest BCUT2D eigenvalue weighted by Crippen LogP contribution is -2.38. The number of rotatable bonds is 5. The van der Waals surface area contributed by atoms with Crippen molar-refractivity contribution < 1.29 is 4.79 Å². The third-order valence-corrected chi connectivity index (χ3v) is 4.09. The molecule has 0 radical (unpaired) electrons. The topological polar surface area (TPSA) is 20.3 Å². The number of hydrogen-bond donors (Lipinski definition) is 0. The van der Waals surface area contributed by atoms with E-state index in [1.54, 1.807) is 0 Å². The first kappa shape index (κ1) is 14.3. The second kappa shape index (κ2) is 7.44. The van der Waals surface area contributed by atoms with Crippen molar-refractivity contribution in [1.29, 1.82) is 0 Å². The molecule has 0 aromatic heterocycles. The number of carbonyl (C=O) groups excluding carboxylic acids is 1. The van der Waals surface area contributed by atoms with Gasteiger partial charge in [-0.1, -0.05) is 50.1 Å². The largest absolute Gasteiger partial charge is 0.298 e. The van der Waals surface area contributed by atoms with Gasteiger partial charge in [-0.2, -0.15) is 0 Å². The molecular formula is C17H25NO. The van der Waals surface area contributed by atoms with Crippen molar-refractivity contribution in [3.8, 4) is 0 Å². The number of nitrogens with zero attached hydrogens (tertiary/aromatic N) is 1. The summed E-state index contributed by atoms with van der Waals surface area (Å²) in [7, 11) is 0. The van der Waals surface area contributed by atoms with Gasteiger partial charge in [0.1, 0.15) is 0 Å². The van der Waals surface area contributed by atoms with Gasteiger partial charge in [0.25, 0.3) is 0 Å². The molecule has 2 nitrogen and oxygen atoms in total. The summed E-state index contributed by atoms with van der Waals surface area (Å²) in [6.45, 7) is 3.97. The lowest BCUT2D eigenvalue weighted by Gasteiger charge is -2.28. The zero-order valence-electron chi connectivity index (χ0n) is 12.0. The monoisotopic (exact) mass is 259 g/mol. The molecule has 1 heterocycles. The smallest absolute Gasteiger partial charge is 0.151 e. The molecule has 0 spiro atoms. The van der Waals surface area contributed by atoms with E-state index in [-0.39, 0.29) is 0 Å². The minimum atomic E-state index is 0.353. The predicted octanol–water partition coefficient (Wildman–Crippen LogP) is 3.45. The average molecular weight is 259 g/mol. The second-order valence-corrected chi connectivity index (χ2v) is 5.58. The van der Waals surface area contributed by atoms with Crippen LogP contribution in [0.3, 0.4) is 0 Å². The first-order valence-corrected chi connectivity index (χ1v) is 7.59. The zero-order chi connectivity index (χ0) is 13.5. The van der Waals surface area contributed by atoms with Crippen molar-refractivity contribution in [3.63, 3.8) is 0 Å². The van der Waals surface area contributed by atoms with Gasteiger partial charge in [-0.15, -0.1) is 0 Å². The summed E-state index contributed by atoms with van der Waals surface area (Å²) in [4.78, 5) is 14.6. The Hall–Kier alpha value is -1.15. The number of likely N-dealkylation sites (tertiary alicyclic amines) is 1. The van der Waals surface area contributed by atoms with Crippen molar-refractivity contribution in [2.24, 2.45) is 0 Å². The van der Waals surface area contributed by atoms with Gasteiger partial charge in [0.15, 0.2) is 5.78 Å². The molecule has 0 bridgehead atoms. The highest BCUT2D eigenvalue weighted by Crippen LogP contribution is 2.19. The molecule has 104 valence electrons. The van der Waals surface area contributed by atoms with Crippen LogP contribution in [0.2, 0.25) is 0 Å². The van der Waals surface area contributed by atoms with Crippen LogP contribution in [0.4, 0.5) is 0 Å². The molecule has 0 saturated carbocycles. The summed E-state index contributed by atoms with van der Waals surface area (Å²) in [5, 5.41) is 0. The Morgan fingerprint density at radius 1 is 1.21 bits per heavy atom. The van der Waals surface area contributed by atoms with Crippen LogP contribution < -0.4 is 0 Å². The molecule has 0 N–H and O–H groups in total. The average Bonchev–Trinajstić information content (AvgIpc) is 2.64. The highest BCUT2D eigenvalue weighted by Gasteiger charge is 2.21. The van der Waals surface area contributed by atoms with E-state index in [1.807, 2.05) is 30.3 Å². The van der Waals surface area contributed by atoms with E-state index in [0.29, 0.717) is 24.8 Å². The maximum Gasteiger partial charge on any atom is 0.151 e. The molecule has 2 heteroatoms. The summed E-state index contributed by atoms with van der Waals surface area (Å²) < 4.78 is 0. The fourth-order valence-electron chi connectivity index (χ4n) is 3.01. The molecule has 1 saturated heterocycles. The first-order chi connectivity index (χ1) is 9.29. The Kier molecular flexibility index (Phi) is 5.59. The molecule has 1 aliphatic heterocycles. The third-order valence-electron chi connectivity index (χ3n) is 4.09. The number of carbonyl (C=O) groups is 1. The summed E-state index contributed by atoms with van der Waals surface area (Å²) in [6.07, 6.45) is 6.89. The van der Waals surface area contributed by atoms with Gasteiger partial charge in [0, 0.05) is 12.5 Å². The number of hydrogen-bond acceptors (Lipinski definition) is 2. The molecule has 2 rings (SSSR count). The van der Waals surface area contributed by atoms with E-state index in [9.17, 15) is 4.79 Å². The maximum absolute atomic E-state index is 12.2. The van der Waals surface area contributed by atoms with Crippen LogP contribution in [-0.2, 0) is 11.2 Å². The highest BCUT2D eigenvalue weighted by atomic mass is 16.1. The zero-order valence-corrected chi connectivity index (χ0v) is 12.0. The Morgan fingerprint density at radius 2 is 2.00 bits per heavy atom. The Balaban J connectivity index is 1.89. The van der Waals surface area contributed by atoms with E-state index in [2.05, 4.69) is 11.8 Å². The van der Waals surface area contributed by atoms with Crippen LogP contribution in [-0.4, -0.2) is 29.8 Å². The lowest BCUT2D eigenvalue weighted by molar-refractivity contribution is -0.120.